The molecule has 1 atom stereocenters. The quantitative estimate of drug-likeness (QED) is 0.779. The van der Waals surface area contributed by atoms with Crippen LogP contribution in [0.1, 0.15) is 24.9 Å². The summed E-state index contributed by atoms with van der Waals surface area (Å²) in [5.74, 6) is 0.315. The summed E-state index contributed by atoms with van der Waals surface area (Å²) in [6.07, 6.45) is -0.0376. The normalized spacial score (nSPS) is 11.2. The number of hydrogen-bond acceptors (Lipinski definition) is 6. The molecule has 7 heteroatoms. The lowest BCUT2D eigenvalue weighted by Gasteiger charge is -2.17. The smallest absolute Gasteiger partial charge is 0.307 e. The number of hydrogen-bond donors (Lipinski definition) is 2. The van der Waals surface area contributed by atoms with Crippen molar-refractivity contribution in [3.8, 4) is 17.2 Å². The van der Waals surface area contributed by atoms with Crippen LogP contribution in [0, 0.1) is 0 Å². The van der Waals surface area contributed by atoms with E-state index < -0.39 is 12.0 Å². The molecule has 0 aliphatic heterocycles. The highest BCUT2D eigenvalue weighted by Crippen LogP contribution is 2.37. The van der Waals surface area contributed by atoms with Crippen LogP contribution in [0.3, 0.4) is 0 Å². The monoisotopic (exact) mass is 305 g/mol. The standard InChI is InChI=1S/C13H19NO5.ClH/c1-4-19-12(16)7-9(14)13-10(15)5-8(17-2)6-11(13)18-3;/h5-6,9,15H,4,7,14H2,1-3H3;1H/t9-;/m1./s1. The lowest BCUT2D eigenvalue weighted by Crippen LogP contribution is -2.18. The average Bonchev–Trinajstić information content (AvgIpc) is 2.37. The maximum Gasteiger partial charge on any atom is 0.307 e. The van der Waals surface area contributed by atoms with Crippen molar-refractivity contribution < 1.29 is 24.1 Å². The Morgan fingerprint density at radius 3 is 2.50 bits per heavy atom. The fraction of sp³-hybridized carbons (Fsp3) is 0.462. The Hall–Kier alpha value is -1.66. The number of phenolic OH excluding ortho intramolecular Hbond substituents is 1. The molecule has 0 bridgehead atoms. The molecule has 3 N–H and O–H groups in total. The molecule has 6 nitrogen and oxygen atoms in total. The van der Waals surface area contributed by atoms with Gasteiger partial charge in [0.2, 0.25) is 0 Å². The van der Waals surface area contributed by atoms with E-state index >= 15 is 0 Å². The molecule has 1 aromatic carbocycles. The van der Waals surface area contributed by atoms with Crippen molar-refractivity contribution in [1.29, 1.82) is 0 Å². The van der Waals surface area contributed by atoms with Crippen LogP contribution in [0.15, 0.2) is 12.1 Å². The number of benzene rings is 1. The second kappa shape index (κ2) is 8.50. The van der Waals surface area contributed by atoms with Crippen molar-refractivity contribution in [3.05, 3.63) is 17.7 Å². The minimum atomic E-state index is -0.708. The first kappa shape index (κ1) is 18.3. The van der Waals surface area contributed by atoms with E-state index in [9.17, 15) is 9.90 Å². The summed E-state index contributed by atoms with van der Waals surface area (Å²) in [5.41, 5.74) is 6.27. The van der Waals surface area contributed by atoms with Crippen molar-refractivity contribution in [1.82, 2.24) is 0 Å². The van der Waals surface area contributed by atoms with E-state index in [1.165, 1.54) is 20.3 Å². The van der Waals surface area contributed by atoms with Crippen LogP contribution in [0.4, 0.5) is 0 Å². The van der Waals surface area contributed by atoms with Crippen LogP contribution >= 0.6 is 12.4 Å². The van der Waals surface area contributed by atoms with Crippen LogP contribution < -0.4 is 15.2 Å². The van der Waals surface area contributed by atoms with Crippen LogP contribution in [0.2, 0.25) is 0 Å². The predicted molar refractivity (Wildman–Crippen MR) is 76.6 cm³/mol. The van der Waals surface area contributed by atoms with Gasteiger partial charge in [-0.15, -0.1) is 12.4 Å². The molecule has 0 radical (unpaired) electrons. The van der Waals surface area contributed by atoms with E-state index in [2.05, 4.69) is 0 Å². The van der Waals surface area contributed by atoms with Crippen LogP contribution in [-0.4, -0.2) is 31.9 Å². The summed E-state index contributed by atoms with van der Waals surface area (Å²) in [6, 6.07) is 2.31. The van der Waals surface area contributed by atoms with Crippen LogP contribution in [-0.2, 0) is 9.53 Å². The third-order valence-corrected chi connectivity index (χ3v) is 2.61. The van der Waals surface area contributed by atoms with Gasteiger partial charge in [-0.2, -0.15) is 0 Å². The number of carbonyl (C=O) groups is 1. The Morgan fingerprint density at radius 2 is 2.00 bits per heavy atom. The van der Waals surface area contributed by atoms with Gasteiger partial charge in [-0.3, -0.25) is 4.79 Å². The molecule has 1 rings (SSSR count). The molecule has 0 aromatic heterocycles. The van der Waals surface area contributed by atoms with Gasteiger partial charge in [-0.1, -0.05) is 0 Å². The van der Waals surface area contributed by atoms with Crippen LogP contribution in [0.5, 0.6) is 17.2 Å². The highest BCUT2D eigenvalue weighted by molar-refractivity contribution is 5.85. The Bertz CT molecular complexity index is 453. The number of aromatic hydroxyl groups is 1. The number of esters is 1. The van der Waals surface area contributed by atoms with E-state index in [0.717, 1.165) is 0 Å². The molecular formula is C13H20ClNO5. The van der Waals surface area contributed by atoms with Crippen molar-refractivity contribution in [3.63, 3.8) is 0 Å². The Labute approximate surface area is 124 Å². The first-order valence-electron chi connectivity index (χ1n) is 5.89. The number of carbonyl (C=O) groups excluding carboxylic acids is 1. The van der Waals surface area contributed by atoms with E-state index in [-0.39, 0.29) is 31.2 Å². The molecule has 0 fully saturated rings. The molecule has 114 valence electrons. The Balaban J connectivity index is 0.00000361. The molecule has 0 aliphatic rings. The molecule has 0 saturated carbocycles. The molecule has 0 spiro atoms. The fourth-order valence-electron chi connectivity index (χ4n) is 1.75. The second-order valence-electron chi connectivity index (χ2n) is 3.88. The minimum absolute atomic E-state index is 0. The molecule has 0 heterocycles. The maximum atomic E-state index is 11.4. The SMILES string of the molecule is CCOC(=O)C[C@@H](N)c1c(O)cc(OC)cc1OC.Cl. The summed E-state index contributed by atoms with van der Waals surface area (Å²) in [5, 5.41) is 9.96. The number of methoxy groups -OCH3 is 2. The Kier molecular flexibility index (Phi) is 7.79. The maximum absolute atomic E-state index is 11.4. The van der Waals surface area contributed by atoms with Gasteiger partial charge in [-0.25, -0.2) is 0 Å². The first-order valence-corrected chi connectivity index (χ1v) is 5.89. The summed E-state index contributed by atoms with van der Waals surface area (Å²) < 4.78 is 15.0. The molecule has 0 unspecified atom stereocenters. The second-order valence-corrected chi connectivity index (χ2v) is 3.88. The topological polar surface area (TPSA) is 91.0 Å². The van der Waals surface area contributed by atoms with Gasteiger partial charge >= 0.3 is 5.97 Å². The molecule has 0 amide bonds. The predicted octanol–water partition coefficient (Wildman–Crippen LogP) is 1.78. The summed E-state index contributed by atoms with van der Waals surface area (Å²) in [7, 11) is 2.93. The lowest BCUT2D eigenvalue weighted by molar-refractivity contribution is -0.143. The van der Waals surface area contributed by atoms with Crippen molar-refractivity contribution in [2.45, 2.75) is 19.4 Å². The average molecular weight is 306 g/mol. The van der Waals surface area contributed by atoms with Gasteiger partial charge in [0.05, 0.1) is 32.8 Å². The zero-order valence-corrected chi connectivity index (χ0v) is 12.5. The number of rotatable bonds is 6. The van der Waals surface area contributed by atoms with E-state index in [0.29, 0.717) is 17.1 Å². The van der Waals surface area contributed by atoms with Crippen molar-refractivity contribution in [2.75, 3.05) is 20.8 Å². The highest BCUT2D eigenvalue weighted by atomic mass is 35.5. The summed E-state index contributed by atoms with van der Waals surface area (Å²) >= 11 is 0. The fourth-order valence-corrected chi connectivity index (χ4v) is 1.75. The van der Waals surface area contributed by atoms with Crippen molar-refractivity contribution >= 4 is 18.4 Å². The molecule has 0 aliphatic carbocycles. The van der Waals surface area contributed by atoms with Crippen LogP contribution in [0.25, 0.3) is 0 Å². The minimum Gasteiger partial charge on any atom is -0.507 e. The third kappa shape index (κ3) is 4.47. The third-order valence-electron chi connectivity index (χ3n) is 2.61. The highest BCUT2D eigenvalue weighted by Gasteiger charge is 2.21. The van der Waals surface area contributed by atoms with Gasteiger partial charge in [0, 0.05) is 18.2 Å². The zero-order chi connectivity index (χ0) is 14.4. The van der Waals surface area contributed by atoms with E-state index in [1.807, 2.05) is 0 Å². The van der Waals surface area contributed by atoms with Gasteiger partial charge in [-0.05, 0) is 6.92 Å². The van der Waals surface area contributed by atoms with Gasteiger partial charge in [0.15, 0.2) is 0 Å². The number of halogens is 1. The lowest BCUT2D eigenvalue weighted by atomic mass is 10.0. The molecular weight excluding hydrogens is 286 g/mol. The van der Waals surface area contributed by atoms with E-state index in [4.69, 9.17) is 19.9 Å². The number of phenols is 1. The first-order chi connectivity index (χ1) is 9.03. The number of nitrogens with two attached hydrogens (primary N) is 1. The molecule has 20 heavy (non-hydrogen) atoms. The zero-order valence-electron chi connectivity index (χ0n) is 11.7. The molecule has 0 saturated heterocycles. The number of ether oxygens (including phenoxy) is 3. The summed E-state index contributed by atoms with van der Waals surface area (Å²) in [6.45, 7) is 2.01. The van der Waals surface area contributed by atoms with Gasteiger partial charge in [0.1, 0.15) is 17.2 Å². The molecule has 1 aromatic rings. The van der Waals surface area contributed by atoms with Gasteiger partial charge in [0.25, 0.3) is 0 Å². The van der Waals surface area contributed by atoms with E-state index in [1.54, 1.807) is 13.0 Å². The largest absolute Gasteiger partial charge is 0.507 e. The summed E-state index contributed by atoms with van der Waals surface area (Å²) in [4.78, 5) is 11.4. The van der Waals surface area contributed by atoms with Crippen molar-refractivity contribution in [2.24, 2.45) is 5.73 Å². The van der Waals surface area contributed by atoms with Gasteiger partial charge < -0.3 is 25.1 Å². The Morgan fingerprint density at radius 1 is 1.35 bits per heavy atom.